The van der Waals surface area contributed by atoms with Gasteiger partial charge in [0.1, 0.15) is 5.60 Å². The molecule has 3 nitrogen and oxygen atoms in total. The molecule has 0 radical (unpaired) electrons. The van der Waals surface area contributed by atoms with E-state index >= 15 is 0 Å². The molecule has 1 fully saturated rings. The maximum absolute atomic E-state index is 11.4. The summed E-state index contributed by atoms with van der Waals surface area (Å²) in [6.45, 7) is 5.31. The van der Waals surface area contributed by atoms with Gasteiger partial charge in [0.2, 0.25) is 5.79 Å². The highest BCUT2D eigenvalue weighted by atomic mass is 16.7. The van der Waals surface area contributed by atoms with E-state index in [-0.39, 0.29) is 0 Å². The SMILES string of the molecule is CC1=CC(O)(c2ccccc2C2(c3ccccc3)OCCO2)CC1C. The van der Waals surface area contributed by atoms with Crippen LogP contribution in [0.25, 0.3) is 0 Å². The lowest BCUT2D eigenvalue weighted by molar-refractivity contribution is -0.132. The van der Waals surface area contributed by atoms with E-state index < -0.39 is 11.4 Å². The lowest BCUT2D eigenvalue weighted by Gasteiger charge is -2.34. The smallest absolute Gasteiger partial charge is 0.222 e. The van der Waals surface area contributed by atoms with E-state index in [0.29, 0.717) is 25.6 Å². The van der Waals surface area contributed by atoms with Crippen LogP contribution in [0.1, 0.15) is 37.0 Å². The van der Waals surface area contributed by atoms with Crippen LogP contribution in [0.15, 0.2) is 66.2 Å². The van der Waals surface area contributed by atoms with Crippen molar-refractivity contribution in [1.29, 1.82) is 0 Å². The first kappa shape index (κ1) is 16.5. The number of benzene rings is 2. The first-order valence-corrected chi connectivity index (χ1v) is 8.90. The number of rotatable bonds is 3. The van der Waals surface area contributed by atoms with Gasteiger partial charge in [-0.3, -0.25) is 0 Å². The van der Waals surface area contributed by atoms with E-state index in [0.717, 1.165) is 16.7 Å². The van der Waals surface area contributed by atoms with Crippen molar-refractivity contribution in [2.24, 2.45) is 5.92 Å². The average molecular weight is 336 g/mol. The van der Waals surface area contributed by atoms with Crippen LogP contribution >= 0.6 is 0 Å². The minimum Gasteiger partial charge on any atom is -0.381 e. The van der Waals surface area contributed by atoms with E-state index in [2.05, 4.69) is 13.8 Å². The van der Waals surface area contributed by atoms with Crippen molar-refractivity contribution >= 4 is 0 Å². The Labute approximate surface area is 148 Å². The molecule has 0 aromatic heterocycles. The van der Waals surface area contributed by atoms with Crippen molar-refractivity contribution in [3.8, 4) is 0 Å². The first-order chi connectivity index (χ1) is 12.1. The molecule has 1 heterocycles. The minimum absolute atomic E-state index is 0.358. The Morgan fingerprint density at radius 2 is 1.52 bits per heavy atom. The Hall–Kier alpha value is -1.94. The molecule has 0 amide bonds. The second kappa shape index (κ2) is 6.10. The molecule has 2 unspecified atom stereocenters. The maximum atomic E-state index is 11.4. The fourth-order valence-electron chi connectivity index (χ4n) is 4.09. The molecular formula is C22H24O3. The molecule has 2 aliphatic rings. The molecule has 3 heteroatoms. The summed E-state index contributed by atoms with van der Waals surface area (Å²) in [5.74, 6) is -0.600. The second-order valence-electron chi connectivity index (χ2n) is 7.14. The molecule has 2 atom stereocenters. The van der Waals surface area contributed by atoms with Gasteiger partial charge < -0.3 is 14.6 Å². The molecule has 4 rings (SSSR count). The Bertz CT molecular complexity index is 790. The van der Waals surface area contributed by atoms with Crippen LogP contribution in [0.3, 0.4) is 0 Å². The summed E-state index contributed by atoms with van der Waals surface area (Å²) in [4.78, 5) is 0. The molecule has 1 aliphatic heterocycles. The van der Waals surface area contributed by atoms with Crippen LogP contribution in [-0.2, 0) is 20.9 Å². The quantitative estimate of drug-likeness (QED) is 0.858. The molecule has 0 spiro atoms. The van der Waals surface area contributed by atoms with Gasteiger partial charge in [-0.25, -0.2) is 0 Å². The number of aliphatic hydroxyl groups is 1. The predicted octanol–water partition coefficient (Wildman–Crippen LogP) is 4.11. The lowest BCUT2D eigenvalue weighted by Crippen LogP contribution is -2.34. The summed E-state index contributed by atoms with van der Waals surface area (Å²) in [7, 11) is 0. The number of allylic oxidation sites excluding steroid dienone is 1. The van der Waals surface area contributed by atoms with Gasteiger partial charge in [0.15, 0.2) is 0 Å². The molecule has 0 bridgehead atoms. The Morgan fingerprint density at radius 1 is 0.920 bits per heavy atom. The van der Waals surface area contributed by atoms with Crippen molar-refractivity contribution < 1.29 is 14.6 Å². The summed E-state index contributed by atoms with van der Waals surface area (Å²) in [5.41, 5.74) is 2.94. The highest BCUT2D eigenvalue weighted by Crippen LogP contribution is 2.47. The molecule has 2 aromatic carbocycles. The van der Waals surface area contributed by atoms with Gasteiger partial charge in [-0.15, -0.1) is 0 Å². The number of ether oxygens (including phenoxy) is 2. The number of hydrogen-bond acceptors (Lipinski definition) is 3. The normalized spacial score (nSPS) is 28.1. The topological polar surface area (TPSA) is 38.7 Å². The Morgan fingerprint density at radius 3 is 2.12 bits per heavy atom. The fourth-order valence-corrected chi connectivity index (χ4v) is 4.09. The Balaban J connectivity index is 1.89. The fraction of sp³-hybridized carbons (Fsp3) is 0.364. The van der Waals surface area contributed by atoms with Gasteiger partial charge in [0.25, 0.3) is 0 Å². The van der Waals surface area contributed by atoms with Crippen molar-refractivity contribution in [3.63, 3.8) is 0 Å². The summed E-state index contributed by atoms with van der Waals surface area (Å²) in [6.07, 6.45) is 2.67. The zero-order valence-corrected chi connectivity index (χ0v) is 14.7. The molecular weight excluding hydrogens is 312 g/mol. The third-order valence-electron chi connectivity index (χ3n) is 5.46. The van der Waals surface area contributed by atoms with Crippen LogP contribution in [-0.4, -0.2) is 18.3 Å². The Kier molecular flexibility index (Phi) is 4.03. The van der Waals surface area contributed by atoms with Crippen LogP contribution in [0.5, 0.6) is 0 Å². The molecule has 1 N–H and O–H groups in total. The molecule has 25 heavy (non-hydrogen) atoms. The van der Waals surface area contributed by atoms with Crippen LogP contribution in [0.2, 0.25) is 0 Å². The summed E-state index contributed by atoms with van der Waals surface area (Å²) >= 11 is 0. The summed E-state index contributed by atoms with van der Waals surface area (Å²) < 4.78 is 12.3. The van der Waals surface area contributed by atoms with E-state index in [4.69, 9.17) is 9.47 Å². The van der Waals surface area contributed by atoms with Gasteiger partial charge >= 0.3 is 0 Å². The van der Waals surface area contributed by atoms with Gasteiger partial charge in [-0.2, -0.15) is 0 Å². The van der Waals surface area contributed by atoms with Crippen molar-refractivity contribution in [3.05, 3.63) is 82.9 Å². The van der Waals surface area contributed by atoms with Crippen molar-refractivity contribution in [1.82, 2.24) is 0 Å². The van der Waals surface area contributed by atoms with Gasteiger partial charge in [-0.05, 0) is 30.9 Å². The van der Waals surface area contributed by atoms with E-state index in [9.17, 15) is 5.11 Å². The van der Waals surface area contributed by atoms with Crippen LogP contribution in [0, 0.1) is 5.92 Å². The molecule has 130 valence electrons. The molecule has 1 aliphatic carbocycles. The highest BCUT2D eigenvalue weighted by molar-refractivity contribution is 5.46. The largest absolute Gasteiger partial charge is 0.381 e. The van der Waals surface area contributed by atoms with E-state index in [1.807, 2.05) is 60.7 Å². The molecule has 2 aromatic rings. The maximum Gasteiger partial charge on any atom is 0.222 e. The second-order valence-corrected chi connectivity index (χ2v) is 7.14. The van der Waals surface area contributed by atoms with Crippen LogP contribution < -0.4 is 0 Å². The van der Waals surface area contributed by atoms with Gasteiger partial charge in [0.05, 0.1) is 13.2 Å². The van der Waals surface area contributed by atoms with Gasteiger partial charge in [-0.1, -0.05) is 67.1 Å². The standard InChI is InChI=1S/C22H24O3/c1-16-14-21(23,15-17(16)2)19-10-6-7-11-20(19)22(24-12-13-25-22)18-8-4-3-5-9-18/h3-11,14,17,23H,12-13,15H2,1-2H3. The predicted molar refractivity (Wildman–Crippen MR) is 97.0 cm³/mol. The average Bonchev–Trinajstić information content (AvgIpc) is 3.22. The van der Waals surface area contributed by atoms with Crippen molar-refractivity contribution in [2.75, 3.05) is 13.2 Å². The minimum atomic E-state index is -0.989. The van der Waals surface area contributed by atoms with Crippen molar-refractivity contribution in [2.45, 2.75) is 31.7 Å². The highest BCUT2D eigenvalue weighted by Gasteiger charge is 2.46. The zero-order chi connectivity index (χ0) is 17.5. The summed E-state index contributed by atoms with van der Waals surface area (Å²) in [5, 5.41) is 11.4. The summed E-state index contributed by atoms with van der Waals surface area (Å²) in [6, 6.07) is 17.9. The molecule has 1 saturated heterocycles. The third kappa shape index (κ3) is 2.63. The van der Waals surface area contributed by atoms with E-state index in [1.54, 1.807) is 0 Å². The zero-order valence-electron chi connectivity index (χ0n) is 14.7. The van der Waals surface area contributed by atoms with Gasteiger partial charge in [0, 0.05) is 11.1 Å². The first-order valence-electron chi connectivity index (χ1n) is 8.90. The third-order valence-corrected chi connectivity index (χ3v) is 5.46. The molecule has 0 saturated carbocycles. The van der Waals surface area contributed by atoms with Crippen LogP contribution in [0.4, 0.5) is 0 Å². The number of hydrogen-bond donors (Lipinski definition) is 1. The monoisotopic (exact) mass is 336 g/mol. The van der Waals surface area contributed by atoms with E-state index in [1.165, 1.54) is 5.57 Å². The lowest BCUT2D eigenvalue weighted by atomic mass is 9.83.